The second kappa shape index (κ2) is 7.53. The van der Waals surface area contributed by atoms with Crippen LogP contribution < -0.4 is 9.64 Å². The molecule has 1 fully saturated rings. The first-order chi connectivity index (χ1) is 12.1. The molecule has 0 spiro atoms. The fourth-order valence-corrected chi connectivity index (χ4v) is 3.01. The van der Waals surface area contributed by atoms with Gasteiger partial charge in [-0.1, -0.05) is 11.6 Å². The molecular formula is C18H17ClN2O4. The molecule has 1 saturated heterocycles. The molecular weight excluding hydrogens is 344 g/mol. The van der Waals surface area contributed by atoms with Gasteiger partial charge in [0, 0.05) is 30.4 Å². The summed E-state index contributed by atoms with van der Waals surface area (Å²) in [5, 5.41) is 0.469. The Morgan fingerprint density at radius 2 is 2.24 bits per heavy atom. The normalized spacial score (nSPS) is 16.6. The molecule has 0 amide bonds. The lowest BCUT2D eigenvalue weighted by Crippen LogP contribution is -2.25. The zero-order valence-corrected chi connectivity index (χ0v) is 14.4. The van der Waals surface area contributed by atoms with Gasteiger partial charge in [-0.05, 0) is 30.3 Å². The molecule has 2 aromatic rings. The fourth-order valence-electron chi connectivity index (χ4n) is 2.84. The second-order valence-corrected chi connectivity index (χ2v) is 6.06. The van der Waals surface area contributed by atoms with Crippen LogP contribution in [-0.4, -0.2) is 43.5 Å². The largest absolute Gasteiger partial charge is 0.471 e. The minimum Gasteiger partial charge on any atom is -0.471 e. The summed E-state index contributed by atoms with van der Waals surface area (Å²) in [6, 6.07) is 8.42. The van der Waals surface area contributed by atoms with Gasteiger partial charge in [-0.15, -0.1) is 0 Å². The number of carbonyl (C=O) groups excluding carboxylic acids is 2. The molecule has 6 nitrogen and oxygen atoms in total. The van der Waals surface area contributed by atoms with Crippen LogP contribution in [0.25, 0.3) is 0 Å². The summed E-state index contributed by atoms with van der Waals surface area (Å²) >= 11 is 6.07. The Kier molecular flexibility index (Phi) is 5.19. The van der Waals surface area contributed by atoms with Gasteiger partial charge < -0.3 is 14.4 Å². The van der Waals surface area contributed by atoms with Crippen LogP contribution in [-0.2, 0) is 4.74 Å². The molecule has 3 rings (SSSR count). The Morgan fingerprint density at radius 1 is 1.40 bits per heavy atom. The van der Waals surface area contributed by atoms with Gasteiger partial charge >= 0.3 is 5.97 Å². The summed E-state index contributed by atoms with van der Waals surface area (Å²) in [5.41, 5.74) is 1.56. The standard InChI is InChI=1S/C18H17ClN2O4/c1-24-18(23)12-4-5-16(13(9-12)11-22)21-8-6-14(10-21)25-17-15(19)3-2-7-20-17/h2-5,7,9,11,14H,6,8,10H2,1H3. The average molecular weight is 361 g/mol. The van der Waals surface area contributed by atoms with Gasteiger partial charge in [-0.25, -0.2) is 9.78 Å². The molecule has 1 aliphatic rings. The molecule has 1 aromatic heterocycles. The van der Waals surface area contributed by atoms with Crippen molar-refractivity contribution in [1.29, 1.82) is 0 Å². The fraction of sp³-hybridized carbons (Fsp3) is 0.278. The van der Waals surface area contributed by atoms with Crippen molar-refractivity contribution in [2.24, 2.45) is 0 Å². The molecule has 0 saturated carbocycles. The third-order valence-corrected chi connectivity index (χ3v) is 4.35. The first-order valence-corrected chi connectivity index (χ1v) is 8.20. The van der Waals surface area contributed by atoms with Crippen molar-refractivity contribution in [2.75, 3.05) is 25.1 Å². The van der Waals surface area contributed by atoms with Gasteiger partial charge in [-0.2, -0.15) is 0 Å². The summed E-state index contributed by atoms with van der Waals surface area (Å²) in [5.74, 6) is -0.0604. The van der Waals surface area contributed by atoms with Gasteiger partial charge in [0.05, 0.1) is 19.2 Å². The molecule has 2 heterocycles. The molecule has 0 N–H and O–H groups in total. The number of rotatable bonds is 5. The molecule has 7 heteroatoms. The number of hydrogen-bond donors (Lipinski definition) is 0. The van der Waals surface area contributed by atoms with Crippen molar-refractivity contribution in [1.82, 2.24) is 4.98 Å². The number of ether oxygens (including phenoxy) is 2. The number of esters is 1. The summed E-state index contributed by atoms with van der Waals surface area (Å²) in [4.78, 5) is 29.2. The van der Waals surface area contributed by atoms with E-state index in [4.69, 9.17) is 16.3 Å². The van der Waals surface area contributed by atoms with Gasteiger partial charge in [0.2, 0.25) is 5.88 Å². The maximum absolute atomic E-state index is 11.6. The summed E-state index contributed by atoms with van der Waals surface area (Å²) in [7, 11) is 1.31. The number of methoxy groups -OCH3 is 1. The zero-order valence-electron chi connectivity index (χ0n) is 13.6. The number of benzene rings is 1. The number of aromatic nitrogens is 1. The van der Waals surface area contributed by atoms with Crippen LogP contribution in [0.5, 0.6) is 5.88 Å². The Morgan fingerprint density at radius 3 is 2.96 bits per heavy atom. The summed E-state index contributed by atoms with van der Waals surface area (Å²) < 4.78 is 10.6. The number of halogens is 1. The van der Waals surface area contributed by atoms with Crippen LogP contribution in [0.15, 0.2) is 36.5 Å². The van der Waals surface area contributed by atoms with Crippen LogP contribution in [0.1, 0.15) is 27.1 Å². The third kappa shape index (κ3) is 3.74. The molecule has 0 bridgehead atoms. The Labute approximate surface area is 150 Å². The first kappa shape index (κ1) is 17.2. The highest BCUT2D eigenvalue weighted by atomic mass is 35.5. The maximum Gasteiger partial charge on any atom is 0.337 e. The number of pyridine rings is 1. The summed E-state index contributed by atoms with van der Waals surface area (Å²) in [6.45, 7) is 1.33. The van der Waals surface area contributed by atoms with Crippen molar-refractivity contribution in [3.05, 3.63) is 52.7 Å². The molecule has 0 aliphatic carbocycles. The Balaban J connectivity index is 1.74. The topological polar surface area (TPSA) is 68.7 Å². The Hall–Kier alpha value is -2.60. The predicted molar refractivity (Wildman–Crippen MR) is 93.7 cm³/mol. The number of carbonyl (C=O) groups is 2. The number of nitrogens with zero attached hydrogens (tertiary/aromatic N) is 2. The second-order valence-electron chi connectivity index (χ2n) is 5.65. The van der Waals surface area contributed by atoms with E-state index < -0.39 is 5.97 Å². The van der Waals surface area contributed by atoms with E-state index in [9.17, 15) is 9.59 Å². The maximum atomic E-state index is 11.6. The van der Waals surface area contributed by atoms with Gasteiger partial charge in [0.15, 0.2) is 6.29 Å². The number of anilines is 1. The molecule has 1 aromatic carbocycles. The highest BCUT2D eigenvalue weighted by Gasteiger charge is 2.27. The lowest BCUT2D eigenvalue weighted by atomic mass is 10.1. The highest BCUT2D eigenvalue weighted by Crippen LogP contribution is 2.28. The quantitative estimate of drug-likeness (QED) is 0.603. The van der Waals surface area contributed by atoms with E-state index >= 15 is 0 Å². The van der Waals surface area contributed by atoms with Gasteiger partial charge in [0.1, 0.15) is 11.1 Å². The van der Waals surface area contributed by atoms with Gasteiger partial charge in [0.25, 0.3) is 0 Å². The molecule has 130 valence electrons. The van der Waals surface area contributed by atoms with E-state index in [1.165, 1.54) is 13.2 Å². The first-order valence-electron chi connectivity index (χ1n) is 7.82. The smallest absolute Gasteiger partial charge is 0.337 e. The minimum absolute atomic E-state index is 0.0767. The number of hydrogen-bond acceptors (Lipinski definition) is 6. The molecule has 0 radical (unpaired) electrons. The molecule has 25 heavy (non-hydrogen) atoms. The average Bonchev–Trinajstić information content (AvgIpc) is 3.10. The van der Waals surface area contributed by atoms with Crippen molar-refractivity contribution < 1.29 is 19.1 Å². The van der Waals surface area contributed by atoms with Crippen molar-refractivity contribution in [3.8, 4) is 5.88 Å². The zero-order chi connectivity index (χ0) is 17.8. The van der Waals surface area contributed by atoms with E-state index in [0.717, 1.165) is 24.9 Å². The highest BCUT2D eigenvalue weighted by molar-refractivity contribution is 6.31. The predicted octanol–water partition coefficient (Wildman–Crippen LogP) is 2.99. The van der Waals surface area contributed by atoms with Crippen molar-refractivity contribution in [3.63, 3.8) is 0 Å². The van der Waals surface area contributed by atoms with Crippen LogP contribution in [0.4, 0.5) is 5.69 Å². The van der Waals surface area contributed by atoms with E-state index in [1.807, 2.05) is 4.90 Å². The van der Waals surface area contributed by atoms with Crippen LogP contribution >= 0.6 is 11.6 Å². The monoisotopic (exact) mass is 360 g/mol. The third-order valence-electron chi connectivity index (χ3n) is 4.06. The van der Waals surface area contributed by atoms with Crippen molar-refractivity contribution >= 4 is 29.5 Å². The lowest BCUT2D eigenvalue weighted by molar-refractivity contribution is 0.0600. The van der Waals surface area contributed by atoms with Crippen LogP contribution in [0, 0.1) is 0 Å². The Bertz CT molecular complexity index is 796. The van der Waals surface area contributed by atoms with Crippen molar-refractivity contribution in [2.45, 2.75) is 12.5 Å². The molecule has 1 atom stereocenters. The molecule has 1 aliphatic heterocycles. The van der Waals surface area contributed by atoms with E-state index in [-0.39, 0.29) is 6.10 Å². The molecule has 1 unspecified atom stereocenters. The van der Waals surface area contributed by atoms with E-state index in [2.05, 4.69) is 9.72 Å². The summed E-state index contributed by atoms with van der Waals surface area (Å²) in [6.07, 6.45) is 3.08. The van der Waals surface area contributed by atoms with E-state index in [0.29, 0.717) is 28.6 Å². The van der Waals surface area contributed by atoms with E-state index in [1.54, 1.807) is 30.5 Å². The van der Waals surface area contributed by atoms with Crippen LogP contribution in [0.3, 0.4) is 0 Å². The SMILES string of the molecule is COC(=O)c1ccc(N2CCC(Oc3ncccc3Cl)C2)c(C=O)c1. The van der Waals surface area contributed by atoms with Crippen LogP contribution in [0.2, 0.25) is 5.02 Å². The number of aldehydes is 1. The van der Waals surface area contributed by atoms with Gasteiger partial charge in [-0.3, -0.25) is 4.79 Å². The lowest BCUT2D eigenvalue weighted by Gasteiger charge is -2.21. The minimum atomic E-state index is -0.470.